The van der Waals surface area contributed by atoms with Crippen LogP contribution in [0.3, 0.4) is 0 Å². The van der Waals surface area contributed by atoms with Crippen molar-refractivity contribution in [1.29, 1.82) is 0 Å². The first-order valence-electron chi connectivity index (χ1n) is 9.74. The van der Waals surface area contributed by atoms with Gasteiger partial charge in [0.05, 0.1) is 6.42 Å². The molecule has 7 heteroatoms. The second-order valence-electron chi connectivity index (χ2n) is 7.08. The Morgan fingerprint density at radius 1 is 1.00 bits per heavy atom. The quantitative estimate of drug-likeness (QED) is 0.434. The number of hydrogen-bond donors (Lipinski definition) is 1. The fourth-order valence-electron chi connectivity index (χ4n) is 3.20. The van der Waals surface area contributed by atoms with Crippen molar-refractivity contribution in [2.75, 3.05) is 0 Å². The molecule has 1 N–H and O–H groups in total. The Balaban J connectivity index is 1.55. The van der Waals surface area contributed by atoms with Crippen molar-refractivity contribution >= 4 is 17.5 Å². The van der Waals surface area contributed by atoms with Gasteiger partial charge in [-0.2, -0.15) is 4.98 Å². The van der Waals surface area contributed by atoms with Crippen LogP contribution < -0.4 is 5.32 Å². The lowest BCUT2D eigenvalue weighted by molar-refractivity contribution is -0.121. The molecule has 4 rings (SSSR count). The largest absolute Gasteiger partial charge is 0.344 e. The number of carbonyl (C=O) groups excluding carboxylic acids is 1. The number of halogens is 2. The molecule has 1 atom stereocenters. The molecule has 0 fully saturated rings. The minimum atomic E-state index is -0.518. The summed E-state index contributed by atoms with van der Waals surface area (Å²) >= 11 is 6.06. The average molecular weight is 436 g/mol. The van der Waals surface area contributed by atoms with Crippen LogP contribution >= 0.6 is 11.6 Å². The van der Waals surface area contributed by atoms with Crippen LogP contribution in [0.15, 0.2) is 83.4 Å². The zero-order chi connectivity index (χ0) is 21.6. The fraction of sp³-hybridized carbons (Fsp3) is 0.125. The third-order valence-electron chi connectivity index (χ3n) is 4.72. The summed E-state index contributed by atoms with van der Waals surface area (Å²) in [7, 11) is 0. The van der Waals surface area contributed by atoms with Crippen LogP contribution in [0.2, 0.25) is 5.02 Å². The summed E-state index contributed by atoms with van der Waals surface area (Å²) in [4.78, 5) is 17.2. The summed E-state index contributed by atoms with van der Waals surface area (Å²) in [5.74, 6) is 0.121. The molecule has 0 radical (unpaired) electrons. The Bertz CT molecular complexity index is 1160. The average Bonchev–Trinajstić information content (AvgIpc) is 3.26. The highest BCUT2D eigenvalue weighted by atomic mass is 35.5. The number of carbonyl (C=O) groups is 1. The van der Waals surface area contributed by atoms with Gasteiger partial charge in [0, 0.05) is 17.0 Å². The lowest BCUT2D eigenvalue weighted by Gasteiger charge is -2.15. The highest BCUT2D eigenvalue weighted by Gasteiger charge is 2.22. The number of amides is 1. The minimum Gasteiger partial charge on any atom is -0.344 e. The molecule has 0 saturated carbocycles. The van der Waals surface area contributed by atoms with E-state index < -0.39 is 6.04 Å². The van der Waals surface area contributed by atoms with Crippen molar-refractivity contribution in [2.24, 2.45) is 0 Å². The maximum atomic E-state index is 13.1. The van der Waals surface area contributed by atoms with Crippen molar-refractivity contribution < 1.29 is 13.7 Å². The predicted molar refractivity (Wildman–Crippen MR) is 116 cm³/mol. The molecule has 1 aromatic heterocycles. The predicted octanol–water partition coefficient (Wildman–Crippen LogP) is 5.17. The van der Waals surface area contributed by atoms with Crippen LogP contribution in [0.4, 0.5) is 4.39 Å². The molecular formula is C24H19ClFN3O2. The van der Waals surface area contributed by atoms with E-state index in [1.807, 2.05) is 36.4 Å². The standard InChI is InChI=1S/C24H19ClFN3O2/c25-19-8-4-7-18(15-19)23-28-24(31-29-23)21(13-16-5-2-1-3-6-16)27-22(30)14-17-9-11-20(26)12-10-17/h1-12,15,21H,13-14H2,(H,27,30). The van der Waals surface area contributed by atoms with E-state index in [-0.39, 0.29) is 18.1 Å². The maximum Gasteiger partial charge on any atom is 0.249 e. The Morgan fingerprint density at radius 3 is 2.52 bits per heavy atom. The number of nitrogens with one attached hydrogen (secondary N) is 1. The second kappa shape index (κ2) is 9.53. The highest BCUT2D eigenvalue weighted by molar-refractivity contribution is 6.30. The van der Waals surface area contributed by atoms with Gasteiger partial charge in [-0.05, 0) is 35.4 Å². The third kappa shape index (κ3) is 5.55. The van der Waals surface area contributed by atoms with Crippen LogP contribution in [0, 0.1) is 5.82 Å². The monoisotopic (exact) mass is 435 g/mol. The summed E-state index contributed by atoms with van der Waals surface area (Å²) in [5.41, 5.74) is 2.44. The molecule has 5 nitrogen and oxygen atoms in total. The minimum absolute atomic E-state index is 0.112. The lowest BCUT2D eigenvalue weighted by atomic mass is 10.0. The molecule has 0 aliphatic rings. The van der Waals surface area contributed by atoms with Gasteiger partial charge in [0.15, 0.2) is 0 Å². The molecule has 0 aliphatic carbocycles. The first-order chi connectivity index (χ1) is 15.1. The SMILES string of the molecule is O=C(Cc1ccc(F)cc1)NC(Cc1ccccc1)c1nc(-c2cccc(Cl)c2)no1. The third-order valence-corrected chi connectivity index (χ3v) is 4.95. The molecule has 0 saturated heterocycles. The summed E-state index contributed by atoms with van der Waals surface area (Å²) in [6, 6.07) is 22.2. The van der Waals surface area contributed by atoms with Gasteiger partial charge in [-0.1, -0.05) is 71.4 Å². The van der Waals surface area contributed by atoms with Crippen molar-refractivity contribution in [2.45, 2.75) is 18.9 Å². The number of benzene rings is 3. The number of hydrogen-bond acceptors (Lipinski definition) is 4. The van der Waals surface area contributed by atoms with Crippen LogP contribution in [0.1, 0.15) is 23.1 Å². The van der Waals surface area contributed by atoms with E-state index in [0.717, 1.165) is 11.1 Å². The first-order valence-corrected chi connectivity index (χ1v) is 10.1. The highest BCUT2D eigenvalue weighted by Crippen LogP contribution is 2.23. The zero-order valence-electron chi connectivity index (χ0n) is 16.5. The Morgan fingerprint density at radius 2 is 1.77 bits per heavy atom. The van der Waals surface area contributed by atoms with Gasteiger partial charge in [-0.25, -0.2) is 4.39 Å². The molecule has 31 heavy (non-hydrogen) atoms. The molecular weight excluding hydrogens is 417 g/mol. The molecule has 3 aromatic carbocycles. The van der Waals surface area contributed by atoms with Gasteiger partial charge in [0.2, 0.25) is 17.6 Å². The second-order valence-corrected chi connectivity index (χ2v) is 7.52. The van der Waals surface area contributed by atoms with Gasteiger partial charge in [0.25, 0.3) is 0 Å². The summed E-state index contributed by atoms with van der Waals surface area (Å²) in [6.45, 7) is 0. The zero-order valence-corrected chi connectivity index (χ0v) is 17.2. The van der Waals surface area contributed by atoms with Crippen molar-refractivity contribution in [3.63, 3.8) is 0 Å². The van der Waals surface area contributed by atoms with Gasteiger partial charge < -0.3 is 9.84 Å². The molecule has 1 amide bonds. The molecule has 0 spiro atoms. The van der Waals surface area contributed by atoms with Crippen LogP contribution in [-0.2, 0) is 17.6 Å². The van der Waals surface area contributed by atoms with Gasteiger partial charge in [0.1, 0.15) is 11.9 Å². The Labute approximate surface area is 183 Å². The van der Waals surface area contributed by atoms with Gasteiger partial charge >= 0.3 is 0 Å². The van der Waals surface area contributed by atoms with Crippen molar-refractivity contribution in [1.82, 2.24) is 15.5 Å². The Hall–Kier alpha value is -3.51. The number of nitrogens with zero attached hydrogens (tertiary/aromatic N) is 2. The molecule has 1 heterocycles. The van der Waals surface area contributed by atoms with Crippen LogP contribution in [-0.4, -0.2) is 16.0 Å². The molecule has 1 unspecified atom stereocenters. The summed E-state index contributed by atoms with van der Waals surface area (Å²) in [5, 5.41) is 7.59. The van der Waals surface area contributed by atoms with E-state index in [2.05, 4.69) is 15.5 Å². The van der Waals surface area contributed by atoms with E-state index in [9.17, 15) is 9.18 Å². The number of aromatic nitrogens is 2. The topological polar surface area (TPSA) is 68.0 Å². The van der Waals surface area contributed by atoms with Crippen LogP contribution in [0.5, 0.6) is 0 Å². The smallest absolute Gasteiger partial charge is 0.249 e. The van der Waals surface area contributed by atoms with E-state index in [1.54, 1.807) is 30.3 Å². The van der Waals surface area contributed by atoms with Crippen molar-refractivity contribution in [3.05, 3.63) is 107 Å². The number of rotatable bonds is 7. The van der Waals surface area contributed by atoms with E-state index in [4.69, 9.17) is 16.1 Å². The molecule has 0 aliphatic heterocycles. The van der Waals surface area contributed by atoms with Crippen molar-refractivity contribution in [3.8, 4) is 11.4 Å². The summed E-state index contributed by atoms with van der Waals surface area (Å²) in [6.07, 6.45) is 0.591. The van der Waals surface area contributed by atoms with E-state index in [0.29, 0.717) is 28.7 Å². The van der Waals surface area contributed by atoms with Gasteiger partial charge in [-0.15, -0.1) is 0 Å². The Kier molecular flexibility index (Phi) is 6.38. The van der Waals surface area contributed by atoms with E-state index >= 15 is 0 Å². The molecule has 0 bridgehead atoms. The van der Waals surface area contributed by atoms with Crippen LogP contribution in [0.25, 0.3) is 11.4 Å². The van der Waals surface area contributed by atoms with Gasteiger partial charge in [-0.3, -0.25) is 4.79 Å². The van der Waals surface area contributed by atoms with E-state index in [1.165, 1.54) is 12.1 Å². The first kappa shape index (κ1) is 20.8. The maximum absolute atomic E-state index is 13.1. The fourth-order valence-corrected chi connectivity index (χ4v) is 3.39. The molecule has 156 valence electrons. The summed E-state index contributed by atoms with van der Waals surface area (Å²) < 4.78 is 18.6. The normalized spacial score (nSPS) is 11.8. The lowest BCUT2D eigenvalue weighted by Crippen LogP contribution is -2.31. The molecule has 4 aromatic rings.